The zero-order valence-electron chi connectivity index (χ0n) is 47.2. The number of rotatable bonds is 19. The van der Waals surface area contributed by atoms with Crippen molar-refractivity contribution in [1.82, 2.24) is 0 Å². The highest BCUT2D eigenvalue weighted by Gasteiger charge is 2.65. The fraction of sp³-hybridized carbons (Fsp3) is 0.442. The van der Waals surface area contributed by atoms with E-state index in [0.717, 1.165) is 36.5 Å². The quantitative estimate of drug-likeness (QED) is 0.0205. The number of carbonyl (C=O) groups excluding carboxylic acids is 5. The number of halogens is 15. The summed E-state index contributed by atoms with van der Waals surface area (Å²) in [4.78, 5) is 56.9. The minimum atomic E-state index is -6.67. The summed E-state index contributed by atoms with van der Waals surface area (Å²) in [6.07, 6.45) is -21.1. The zero-order chi connectivity index (χ0) is 70.2. The first-order chi connectivity index (χ1) is 40.8. The van der Waals surface area contributed by atoms with Gasteiger partial charge in [0.2, 0.25) is 11.6 Å². The summed E-state index contributed by atoms with van der Waals surface area (Å²) in [6, 6.07) is 29.9. The van der Waals surface area contributed by atoms with Crippen LogP contribution in [0, 0.1) is 0 Å². The van der Waals surface area contributed by atoms with Gasteiger partial charge in [-0.15, -0.1) is 0 Å². The highest BCUT2D eigenvalue weighted by molar-refractivity contribution is 7.98. The Morgan fingerprint density at radius 2 is 0.733 bits per heavy atom. The van der Waals surface area contributed by atoms with Crippen LogP contribution in [0.4, 0.5) is 65.9 Å². The molecular weight excluding hydrogens is 1370 g/mol. The Balaban J connectivity index is 0.00000107. The van der Waals surface area contributed by atoms with Gasteiger partial charge in [-0.1, -0.05) is 98.6 Å². The number of carbonyl (C=O) groups is 5. The Morgan fingerprint density at radius 3 is 0.933 bits per heavy atom. The molecule has 2 heterocycles. The lowest BCUT2D eigenvalue weighted by Gasteiger charge is -2.29. The standard InChI is InChI=1S/2C12H15OS.C8H11S.2C7H7F5O5S.C6H5F5O5S/c2*13-12(10-14-8-4-5-9-14)11-6-2-1-3-7-11;1-9(2)8-6-4-3-5-7-8;2*1-3(2)4(13)17-5(6(8,9)10)7(11,12)18(14,15)16;1-2-3(12)16-4(5(7,8)9)6(10,11)17(13,14)15/h2*1-3,6-7H,4-5,8-10H2;3-7H,1-2H3;2*5H,1H2,2H3,(H,14,15,16);2,4H,1H2,(H,13,14,15)/q3*+1;;;/p-3. The topological polar surface area (TPSA) is 285 Å². The van der Waals surface area contributed by atoms with Crippen molar-refractivity contribution in [3.05, 3.63) is 139 Å². The van der Waals surface area contributed by atoms with Gasteiger partial charge >= 0.3 is 52.2 Å². The molecule has 0 aliphatic carbocycles. The van der Waals surface area contributed by atoms with Gasteiger partial charge in [-0.3, -0.25) is 9.59 Å². The molecule has 90 heavy (non-hydrogen) atoms. The first kappa shape index (κ1) is 84.4. The Hall–Kier alpha value is -5.64. The van der Waals surface area contributed by atoms with Crippen LogP contribution in [0.1, 0.15) is 60.2 Å². The minimum Gasteiger partial charge on any atom is -0.743 e. The molecule has 17 nitrogen and oxygen atoms in total. The van der Waals surface area contributed by atoms with Crippen LogP contribution >= 0.6 is 0 Å². The molecule has 0 bridgehead atoms. The summed E-state index contributed by atoms with van der Waals surface area (Å²) in [6.45, 7) is 9.96. The lowest BCUT2D eigenvalue weighted by Crippen LogP contribution is -2.52. The van der Waals surface area contributed by atoms with Gasteiger partial charge in [0.1, 0.15) is 35.5 Å². The molecule has 0 N–H and O–H groups in total. The van der Waals surface area contributed by atoms with Crippen LogP contribution in [-0.2, 0) is 91.6 Å². The van der Waals surface area contributed by atoms with Crippen molar-refractivity contribution in [1.29, 1.82) is 0 Å². The second kappa shape index (κ2) is 36.0. The number of hydrogen-bond donors (Lipinski definition) is 0. The molecule has 0 saturated carbocycles. The fourth-order valence-corrected chi connectivity index (χ4v) is 12.7. The maximum absolute atomic E-state index is 12.8. The molecule has 2 aliphatic heterocycles. The van der Waals surface area contributed by atoms with Crippen molar-refractivity contribution in [3.8, 4) is 0 Å². The number of Topliss-reactive ketones (excluding diaryl/α,β-unsaturated/α-hetero) is 2. The average molecular weight is 1430 g/mol. The summed E-state index contributed by atoms with van der Waals surface area (Å²) in [5, 5.41) is -17.5. The van der Waals surface area contributed by atoms with E-state index in [0.29, 0.717) is 44.3 Å². The first-order valence-corrected chi connectivity index (χ1v) is 34.3. The molecule has 2 aliphatic rings. The molecule has 0 aromatic heterocycles. The van der Waals surface area contributed by atoms with Crippen LogP contribution in [0.15, 0.2) is 133 Å². The van der Waals surface area contributed by atoms with Crippen molar-refractivity contribution in [2.75, 3.05) is 47.0 Å². The highest BCUT2D eigenvalue weighted by atomic mass is 32.2. The lowest BCUT2D eigenvalue weighted by atomic mass is 10.2. The van der Waals surface area contributed by atoms with E-state index in [1.807, 2.05) is 60.7 Å². The molecule has 0 radical (unpaired) electrons. The van der Waals surface area contributed by atoms with E-state index in [1.54, 1.807) is 0 Å². The third kappa shape index (κ3) is 28.9. The number of ketones is 2. The Bertz CT molecular complexity index is 3040. The van der Waals surface area contributed by atoms with Gasteiger partial charge in [0.25, 0.3) is 18.3 Å². The Labute approximate surface area is 516 Å². The molecule has 3 atom stereocenters. The van der Waals surface area contributed by atoms with E-state index in [2.05, 4.69) is 76.8 Å². The second-order valence-electron chi connectivity index (χ2n) is 18.3. The summed E-state index contributed by atoms with van der Waals surface area (Å²) in [5.41, 5.74) is 0.408. The van der Waals surface area contributed by atoms with Crippen molar-refractivity contribution < 1.29 is 143 Å². The second-order valence-corrected chi connectivity index (χ2v) is 29.4. The third-order valence-electron chi connectivity index (χ3n) is 10.7. The van der Waals surface area contributed by atoms with E-state index in [1.165, 1.54) is 53.6 Å². The maximum atomic E-state index is 12.8. The molecule has 508 valence electrons. The van der Waals surface area contributed by atoms with E-state index in [-0.39, 0.29) is 6.08 Å². The van der Waals surface area contributed by atoms with Crippen molar-refractivity contribution in [3.63, 3.8) is 0 Å². The molecule has 0 spiro atoms. The highest BCUT2D eigenvalue weighted by Crippen LogP contribution is 2.41. The molecule has 3 aromatic rings. The number of esters is 3. The smallest absolute Gasteiger partial charge is 0.432 e. The minimum absolute atomic E-state index is 0.103. The lowest BCUT2D eigenvalue weighted by molar-refractivity contribution is -0.257. The van der Waals surface area contributed by atoms with E-state index in [4.69, 9.17) is 0 Å². The monoisotopic (exact) mass is 1430 g/mol. The molecule has 38 heteroatoms. The molecule has 3 unspecified atom stereocenters. The van der Waals surface area contributed by atoms with Gasteiger partial charge in [0.05, 0.1) is 0 Å². The predicted molar refractivity (Wildman–Crippen MR) is 299 cm³/mol. The molecular formula is C52H57F15O17S6. The Kier molecular flexibility index (Phi) is 33.7. The third-order valence-corrected chi connectivity index (χ3v) is 19.3. The van der Waals surface area contributed by atoms with E-state index < -0.39 is 112 Å². The first-order valence-electron chi connectivity index (χ1n) is 24.6. The predicted octanol–water partition coefficient (Wildman–Crippen LogP) is 9.62. The number of alkyl halides is 15. The molecule has 0 amide bonds. The van der Waals surface area contributed by atoms with Crippen LogP contribution in [0.3, 0.4) is 0 Å². The average Bonchev–Trinajstić information content (AvgIpc) is 0.859. The van der Waals surface area contributed by atoms with Gasteiger partial charge in [-0.2, -0.15) is 65.9 Å². The Morgan fingerprint density at radius 1 is 0.489 bits per heavy atom. The zero-order valence-corrected chi connectivity index (χ0v) is 52.1. The summed E-state index contributed by atoms with van der Waals surface area (Å²) >= 11 is 0. The van der Waals surface area contributed by atoms with Gasteiger partial charge in [-0.25, -0.2) is 39.6 Å². The van der Waals surface area contributed by atoms with Gasteiger partial charge in [0, 0.05) is 39.2 Å². The van der Waals surface area contributed by atoms with Crippen LogP contribution in [-0.4, -0.2) is 168 Å². The fourth-order valence-electron chi connectivity index (χ4n) is 6.15. The van der Waals surface area contributed by atoms with Crippen LogP contribution < -0.4 is 0 Å². The molecule has 5 rings (SSSR count). The maximum Gasteiger partial charge on any atom is 0.432 e. The number of benzene rings is 3. The summed E-state index contributed by atoms with van der Waals surface area (Å²) in [7, 11) is -18.8. The molecule has 3 aromatic carbocycles. The van der Waals surface area contributed by atoms with Gasteiger partial charge < -0.3 is 27.9 Å². The summed E-state index contributed by atoms with van der Waals surface area (Å²) in [5.74, 6) is 1.58. The van der Waals surface area contributed by atoms with Crippen LogP contribution in [0.25, 0.3) is 0 Å². The van der Waals surface area contributed by atoms with Crippen LogP contribution in [0.5, 0.6) is 0 Å². The van der Waals surface area contributed by atoms with Gasteiger partial charge in [-0.05, 0) is 73.5 Å². The normalized spacial score (nSPS) is 15.2. The van der Waals surface area contributed by atoms with Crippen LogP contribution in [0.2, 0.25) is 0 Å². The van der Waals surface area contributed by atoms with E-state index >= 15 is 0 Å². The van der Waals surface area contributed by atoms with Crippen molar-refractivity contribution in [2.45, 2.75) is 97.0 Å². The SMILES string of the molecule is C=C(C)C(=O)OC(C(F)(F)F)C(F)(F)S(=O)(=O)[O-].C=C(C)C(=O)OC(C(F)(F)F)C(F)(F)S(=O)(=O)[O-].C=CC(=O)OC(C(F)(F)F)C(F)(F)S(=O)(=O)[O-].C[S+](C)c1ccccc1.O=C(C[S+]1CCCC1)c1ccccc1.O=C(C[S+]1CCCC1)c1ccccc1. The number of hydrogen-bond acceptors (Lipinski definition) is 17. The molecule has 2 fully saturated rings. The largest absolute Gasteiger partial charge is 0.743 e. The van der Waals surface area contributed by atoms with E-state index in [9.17, 15) is 129 Å². The van der Waals surface area contributed by atoms with Crippen molar-refractivity contribution >= 4 is 92.5 Å². The number of ether oxygens (including phenoxy) is 3. The van der Waals surface area contributed by atoms with Crippen molar-refractivity contribution in [2.24, 2.45) is 0 Å². The van der Waals surface area contributed by atoms with Gasteiger partial charge in [0.15, 0.2) is 46.8 Å². The summed E-state index contributed by atoms with van der Waals surface area (Å²) < 4.78 is 286. The molecule has 2 saturated heterocycles.